The number of hydrogen-bond donors (Lipinski definition) is 2. The minimum Gasteiger partial charge on any atom is -0.492 e. The molecule has 9 heteroatoms. The lowest BCUT2D eigenvalue weighted by Gasteiger charge is -2.28. The molecule has 32 heavy (non-hydrogen) atoms. The second kappa shape index (κ2) is 9.13. The Balaban J connectivity index is 1.42. The molecule has 168 valence electrons. The molecule has 2 aromatic carbocycles. The van der Waals surface area contributed by atoms with E-state index < -0.39 is 10.0 Å². The van der Waals surface area contributed by atoms with Gasteiger partial charge >= 0.3 is 0 Å². The summed E-state index contributed by atoms with van der Waals surface area (Å²) in [6.07, 6.45) is 4.02. The quantitative estimate of drug-likeness (QED) is 0.480. The molecule has 4 rings (SSSR count). The summed E-state index contributed by atoms with van der Waals surface area (Å²) < 4.78 is 34.4. The van der Waals surface area contributed by atoms with Crippen LogP contribution in [0.2, 0.25) is 0 Å². The number of benzene rings is 2. The average molecular weight is 455 g/mol. The number of aromatic nitrogens is 2. The molecule has 2 heterocycles. The Hall–Kier alpha value is -3.17. The molecule has 0 radical (unpaired) electrons. The smallest absolute Gasteiger partial charge is 0.259 e. The van der Waals surface area contributed by atoms with Crippen molar-refractivity contribution < 1.29 is 17.9 Å². The van der Waals surface area contributed by atoms with Gasteiger partial charge in [-0.05, 0) is 29.7 Å². The summed E-state index contributed by atoms with van der Waals surface area (Å²) in [6.45, 7) is 0.838. The van der Waals surface area contributed by atoms with Gasteiger partial charge in [0.15, 0.2) is 5.03 Å². The highest BCUT2D eigenvalue weighted by Gasteiger charge is 2.40. The van der Waals surface area contributed by atoms with E-state index in [0.29, 0.717) is 18.7 Å². The fraction of sp³-hybridized carbons (Fsp3) is 0.304. The molecule has 8 nitrogen and oxygen atoms in total. The Labute approximate surface area is 187 Å². The first kappa shape index (κ1) is 22.0. The third kappa shape index (κ3) is 5.00. The van der Waals surface area contributed by atoms with E-state index in [-0.39, 0.29) is 29.5 Å². The second-order valence-corrected chi connectivity index (χ2v) is 9.76. The van der Waals surface area contributed by atoms with E-state index in [4.69, 9.17) is 4.74 Å². The first-order chi connectivity index (χ1) is 15.4. The number of hydrogen-bond acceptors (Lipinski definition) is 5. The Morgan fingerprint density at radius 1 is 1.19 bits per heavy atom. The molecule has 0 bridgehead atoms. The highest BCUT2D eigenvalue weighted by molar-refractivity contribution is 7.89. The largest absolute Gasteiger partial charge is 0.492 e. The zero-order valence-electron chi connectivity index (χ0n) is 17.8. The van der Waals surface area contributed by atoms with E-state index in [1.54, 1.807) is 11.6 Å². The molecule has 1 aliphatic heterocycles. The van der Waals surface area contributed by atoms with Crippen molar-refractivity contribution in [2.24, 2.45) is 7.05 Å². The van der Waals surface area contributed by atoms with Crippen molar-refractivity contribution in [3.63, 3.8) is 0 Å². The predicted molar refractivity (Wildman–Crippen MR) is 120 cm³/mol. The van der Waals surface area contributed by atoms with Crippen LogP contribution in [0.25, 0.3) is 0 Å². The van der Waals surface area contributed by atoms with E-state index in [9.17, 15) is 13.2 Å². The van der Waals surface area contributed by atoms with Gasteiger partial charge in [0.25, 0.3) is 10.0 Å². The molecule has 1 unspecified atom stereocenters. The molecule has 0 saturated carbocycles. The maximum atomic E-state index is 12.3. The van der Waals surface area contributed by atoms with E-state index in [2.05, 4.69) is 27.2 Å². The number of amides is 1. The van der Waals surface area contributed by atoms with Crippen LogP contribution < -0.4 is 14.8 Å². The summed E-state index contributed by atoms with van der Waals surface area (Å²) in [5.74, 6) is 0.669. The lowest BCUT2D eigenvalue weighted by atomic mass is 9.75. The first-order valence-corrected chi connectivity index (χ1v) is 11.9. The summed E-state index contributed by atoms with van der Waals surface area (Å²) in [5, 5.41) is 2.95. The topological polar surface area (TPSA) is 102 Å². The van der Waals surface area contributed by atoms with Crippen LogP contribution in [0.4, 0.5) is 0 Å². The van der Waals surface area contributed by atoms with Crippen molar-refractivity contribution in [1.29, 1.82) is 0 Å². The number of sulfonamides is 1. The van der Waals surface area contributed by atoms with Crippen molar-refractivity contribution in [2.75, 3.05) is 19.7 Å². The lowest BCUT2D eigenvalue weighted by Crippen LogP contribution is -2.31. The van der Waals surface area contributed by atoms with Gasteiger partial charge in [-0.3, -0.25) is 4.79 Å². The molecule has 1 atom stereocenters. The molecule has 1 aromatic heterocycles. The van der Waals surface area contributed by atoms with Crippen molar-refractivity contribution in [2.45, 2.75) is 23.3 Å². The summed E-state index contributed by atoms with van der Waals surface area (Å²) >= 11 is 0. The molecule has 2 N–H and O–H groups in total. The highest BCUT2D eigenvalue weighted by Crippen LogP contribution is 2.36. The van der Waals surface area contributed by atoms with Gasteiger partial charge < -0.3 is 14.6 Å². The Morgan fingerprint density at radius 2 is 2.00 bits per heavy atom. The standard InChI is InChI=1S/C23H26N4O4S/c1-27-15-22(25-17-27)32(29,30)26-10-11-31-20-9-5-8-19(12-20)23(14-21(28)24-16-23)13-18-6-3-2-4-7-18/h2-9,12,15,17,26H,10-11,13-14,16H2,1H3,(H,24,28). The van der Waals surface area contributed by atoms with Crippen LogP contribution in [0.1, 0.15) is 17.5 Å². The van der Waals surface area contributed by atoms with Crippen molar-refractivity contribution in [3.05, 3.63) is 78.2 Å². The molecule has 0 spiro atoms. The molecule has 1 amide bonds. The van der Waals surface area contributed by atoms with Gasteiger partial charge in [-0.1, -0.05) is 42.5 Å². The second-order valence-electron chi connectivity index (χ2n) is 8.05. The Bertz CT molecular complexity index is 1190. The van der Waals surface area contributed by atoms with Gasteiger partial charge in [0.2, 0.25) is 5.91 Å². The molecule has 1 aliphatic rings. The number of nitrogens with zero attached hydrogens (tertiary/aromatic N) is 2. The van der Waals surface area contributed by atoms with E-state index in [0.717, 1.165) is 12.0 Å². The molecule has 1 fully saturated rings. The first-order valence-electron chi connectivity index (χ1n) is 10.4. The van der Waals surface area contributed by atoms with Gasteiger partial charge in [-0.15, -0.1) is 0 Å². The van der Waals surface area contributed by atoms with Crippen LogP contribution in [0, 0.1) is 0 Å². The fourth-order valence-electron chi connectivity index (χ4n) is 3.98. The van der Waals surface area contributed by atoms with Crippen LogP contribution in [-0.2, 0) is 33.7 Å². The minimum absolute atomic E-state index is 0.0248. The number of carbonyl (C=O) groups excluding carboxylic acids is 1. The number of carbonyl (C=O) groups is 1. The molecule has 0 aliphatic carbocycles. The van der Waals surface area contributed by atoms with Crippen LogP contribution in [-0.4, -0.2) is 43.6 Å². The third-order valence-corrected chi connectivity index (χ3v) is 6.92. The van der Waals surface area contributed by atoms with Crippen molar-refractivity contribution >= 4 is 15.9 Å². The Kier molecular flexibility index (Phi) is 6.29. The molecular formula is C23H26N4O4S. The minimum atomic E-state index is -3.67. The molecule has 1 saturated heterocycles. The van der Waals surface area contributed by atoms with Crippen LogP contribution in [0.15, 0.2) is 72.1 Å². The zero-order chi connectivity index (χ0) is 22.6. The van der Waals surface area contributed by atoms with Gasteiger partial charge in [0.05, 0.1) is 6.33 Å². The summed E-state index contributed by atoms with van der Waals surface area (Å²) in [6, 6.07) is 17.8. The SMILES string of the molecule is Cn1cnc(S(=O)(=O)NCCOc2cccc(C3(Cc4ccccc4)CNC(=O)C3)c2)c1. The summed E-state index contributed by atoms with van der Waals surface area (Å²) in [7, 11) is -1.96. The molecule has 3 aromatic rings. The summed E-state index contributed by atoms with van der Waals surface area (Å²) in [5.41, 5.74) is 1.84. The zero-order valence-corrected chi connectivity index (χ0v) is 18.6. The van der Waals surface area contributed by atoms with Crippen molar-refractivity contribution in [3.8, 4) is 5.75 Å². The van der Waals surface area contributed by atoms with Crippen molar-refractivity contribution in [1.82, 2.24) is 19.6 Å². The van der Waals surface area contributed by atoms with Crippen LogP contribution >= 0.6 is 0 Å². The summed E-state index contributed by atoms with van der Waals surface area (Å²) in [4.78, 5) is 16.0. The number of imidazole rings is 1. The number of aryl methyl sites for hydroxylation is 1. The van der Waals surface area contributed by atoms with E-state index >= 15 is 0 Å². The average Bonchev–Trinajstić information content (AvgIpc) is 3.39. The van der Waals surface area contributed by atoms with Crippen LogP contribution in [0.3, 0.4) is 0 Å². The van der Waals surface area contributed by atoms with E-state index in [1.165, 1.54) is 18.1 Å². The van der Waals surface area contributed by atoms with Gasteiger partial charge in [0.1, 0.15) is 12.4 Å². The van der Waals surface area contributed by atoms with Gasteiger partial charge in [-0.2, -0.15) is 0 Å². The number of ether oxygens (including phenoxy) is 1. The van der Waals surface area contributed by atoms with Gasteiger partial charge in [0, 0.05) is 38.2 Å². The lowest BCUT2D eigenvalue weighted by molar-refractivity contribution is -0.119. The fourth-order valence-corrected chi connectivity index (χ4v) is 4.97. The van der Waals surface area contributed by atoms with Crippen LogP contribution in [0.5, 0.6) is 5.75 Å². The maximum absolute atomic E-state index is 12.3. The Morgan fingerprint density at radius 3 is 2.69 bits per heavy atom. The highest BCUT2D eigenvalue weighted by atomic mass is 32.2. The maximum Gasteiger partial charge on any atom is 0.259 e. The number of nitrogens with one attached hydrogen (secondary N) is 2. The monoisotopic (exact) mass is 454 g/mol. The third-order valence-electron chi connectivity index (χ3n) is 5.57. The van der Waals surface area contributed by atoms with E-state index in [1.807, 2.05) is 42.5 Å². The molecular weight excluding hydrogens is 428 g/mol. The normalized spacial score (nSPS) is 18.5. The van der Waals surface area contributed by atoms with Gasteiger partial charge in [-0.25, -0.2) is 18.1 Å². The predicted octanol–water partition coefficient (Wildman–Crippen LogP) is 1.78. The number of rotatable bonds is 9.